The first-order valence-corrected chi connectivity index (χ1v) is 5.60. The Morgan fingerprint density at radius 1 is 1.28 bits per heavy atom. The predicted molar refractivity (Wildman–Crippen MR) is 62.4 cm³/mol. The second-order valence-corrected chi connectivity index (χ2v) is 4.34. The van der Waals surface area contributed by atoms with Crippen molar-refractivity contribution in [3.05, 3.63) is 29.8 Å². The third kappa shape index (κ3) is 1.29. The van der Waals surface area contributed by atoms with Crippen molar-refractivity contribution in [2.75, 3.05) is 4.90 Å². The molecule has 0 spiro atoms. The zero-order valence-electron chi connectivity index (χ0n) is 9.64. The van der Waals surface area contributed by atoms with Gasteiger partial charge in [0, 0.05) is 6.92 Å². The molecule has 2 aliphatic heterocycles. The molecule has 0 saturated carbocycles. The summed E-state index contributed by atoms with van der Waals surface area (Å²) in [7, 11) is 0. The second-order valence-electron chi connectivity index (χ2n) is 4.34. The number of rotatable bonds is 0. The number of fused-ring (bicyclic) bond motifs is 3. The minimum Gasteiger partial charge on any atom is -0.290 e. The van der Waals surface area contributed by atoms with Gasteiger partial charge in [-0.05, 0) is 11.6 Å². The zero-order valence-corrected chi connectivity index (χ0v) is 9.64. The van der Waals surface area contributed by atoms with Gasteiger partial charge in [0.25, 0.3) is 5.91 Å². The maximum absolute atomic E-state index is 12.2. The van der Waals surface area contributed by atoms with Crippen molar-refractivity contribution in [1.29, 1.82) is 0 Å². The fourth-order valence-corrected chi connectivity index (χ4v) is 2.52. The number of amides is 3. The third-order valence-electron chi connectivity index (χ3n) is 3.28. The summed E-state index contributed by atoms with van der Waals surface area (Å²) < 4.78 is 0. The number of hydrazine groups is 1. The second kappa shape index (κ2) is 3.64. The number of benzene rings is 1. The standard InChI is InChI=1S/C12H11N3O3/c1-6(16)15-8-5-3-2-4-7(8)9-10(12(15)18)13-14-11(9)17/h2-5,9-10,13H,1H3,(H,14,17). The SMILES string of the molecule is CC(=O)N1C(=O)C2NNC(=O)C2c2ccccc21. The fraction of sp³-hybridized carbons (Fsp3) is 0.250. The topological polar surface area (TPSA) is 78.5 Å². The lowest BCUT2D eigenvalue weighted by Gasteiger charge is -2.32. The van der Waals surface area contributed by atoms with E-state index in [2.05, 4.69) is 10.9 Å². The van der Waals surface area contributed by atoms with Crippen molar-refractivity contribution in [2.24, 2.45) is 0 Å². The zero-order chi connectivity index (χ0) is 12.9. The first kappa shape index (κ1) is 10.9. The molecule has 2 atom stereocenters. The van der Waals surface area contributed by atoms with Crippen molar-refractivity contribution < 1.29 is 14.4 Å². The lowest BCUT2D eigenvalue weighted by Crippen LogP contribution is -2.52. The van der Waals surface area contributed by atoms with Crippen molar-refractivity contribution >= 4 is 23.4 Å². The molecule has 0 aromatic heterocycles. The minimum atomic E-state index is -0.712. The first-order valence-electron chi connectivity index (χ1n) is 5.60. The average molecular weight is 245 g/mol. The fourth-order valence-electron chi connectivity index (χ4n) is 2.52. The van der Waals surface area contributed by atoms with Crippen LogP contribution in [0.1, 0.15) is 18.4 Å². The van der Waals surface area contributed by atoms with Crippen molar-refractivity contribution in [3.63, 3.8) is 0 Å². The smallest absolute Gasteiger partial charge is 0.253 e. The third-order valence-corrected chi connectivity index (χ3v) is 3.28. The van der Waals surface area contributed by atoms with Crippen LogP contribution in [-0.4, -0.2) is 23.8 Å². The van der Waals surface area contributed by atoms with Crippen LogP contribution in [0, 0.1) is 0 Å². The molecule has 2 heterocycles. The van der Waals surface area contributed by atoms with Crippen LogP contribution in [0.2, 0.25) is 0 Å². The van der Waals surface area contributed by atoms with Gasteiger partial charge in [0.2, 0.25) is 11.8 Å². The number of carbonyl (C=O) groups is 3. The van der Waals surface area contributed by atoms with Gasteiger partial charge in [-0.15, -0.1) is 0 Å². The highest BCUT2D eigenvalue weighted by molar-refractivity contribution is 6.20. The quantitative estimate of drug-likeness (QED) is 0.656. The lowest BCUT2D eigenvalue weighted by atomic mass is 9.86. The van der Waals surface area contributed by atoms with Crippen LogP contribution in [-0.2, 0) is 14.4 Å². The monoisotopic (exact) mass is 245 g/mol. The van der Waals surface area contributed by atoms with E-state index in [0.717, 1.165) is 4.90 Å². The maximum atomic E-state index is 12.2. The molecule has 0 aliphatic carbocycles. The van der Waals surface area contributed by atoms with Gasteiger partial charge in [-0.25, -0.2) is 10.3 Å². The minimum absolute atomic E-state index is 0.246. The first-order chi connectivity index (χ1) is 8.61. The number of hydrogen-bond donors (Lipinski definition) is 2. The summed E-state index contributed by atoms with van der Waals surface area (Å²) in [5.41, 5.74) is 6.28. The van der Waals surface area contributed by atoms with Gasteiger partial charge in [0.05, 0.1) is 11.6 Å². The van der Waals surface area contributed by atoms with E-state index in [4.69, 9.17) is 0 Å². The Hall–Kier alpha value is -2.21. The average Bonchev–Trinajstić information content (AvgIpc) is 2.72. The Morgan fingerprint density at radius 2 is 2.00 bits per heavy atom. The van der Waals surface area contributed by atoms with E-state index >= 15 is 0 Å². The van der Waals surface area contributed by atoms with Crippen LogP contribution in [0.3, 0.4) is 0 Å². The van der Waals surface area contributed by atoms with Crippen LogP contribution in [0.25, 0.3) is 0 Å². The summed E-state index contributed by atoms with van der Waals surface area (Å²) in [5, 5.41) is 0. The van der Waals surface area contributed by atoms with Gasteiger partial charge in [-0.3, -0.25) is 19.8 Å². The molecule has 0 bridgehead atoms. The molecule has 1 fully saturated rings. The van der Waals surface area contributed by atoms with Crippen LogP contribution >= 0.6 is 0 Å². The predicted octanol–water partition coefficient (Wildman–Crippen LogP) is -0.334. The summed E-state index contributed by atoms with van der Waals surface area (Å²) in [6, 6.07) is 6.26. The summed E-state index contributed by atoms with van der Waals surface area (Å²) in [5.74, 6) is -1.56. The molecule has 2 aliphatic rings. The molecule has 1 saturated heterocycles. The van der Waals surface area contributed by atoms with Crippen molar-refractivity contribution in [3.8, 4) is 0 Å². The van der Waals surface area contributed by atoms with E-state index in [-0.39, 0.29) is 11.8 Å². The molecule has 2 unspecified atom stereocenters. The molecule has 18 heavy (non-hydrogen) atoms. The largest absolute Gasteiger partial charge is 0.290 e. The Bertz CT molecular complexity index is 569. The molecule has 3 rings (SSSR count). The number of imide groups is 1. The molecule has 6 heteroatoms. The Balaban J connectivity index is 2.22. The molecular formula is C12H11N3O3. The van der Waals surface area contributed by atoms with Gasteiger partial charge in [-0.1, -0.05) is 18.2 Å². The van der Waals surface area contributed by atoms with Crippen LogP contribution < -0.4 is 15.8 Å². The van der Waals surface area contributed by atoms with Crippen molar-refractivity contribution in [2.45, 2.75) is 18.9 Å². The van der Waals surface area contributed by atoms with Gasteiger partial charge < -0.3 is 0 Å². The Labute approximate surface area is 103 Å². The number of carbonyl (C=O) groups excluding carboxylic acids is 3. The highest BCUT2D eigenvalue weighted by Crippen LogP contribution is 2.37. The molecule has 3 amide bonds. The van der Waals surface area contributed by atoms with Crippen LogP contribution in [0.4, 0.5) is 5.69 Å². The number of para-hydroxylation sites is 1. The molecule has 6 nitrogen and oxygen atoms in total. The normalized spacial score (nSPS) is 25.5. The Kier molecular flexibility index (Phi) is 2.21. The maximum Gasteiger partial charge on any atom is 0.253 e. The number of anilines is 1. The van der Waals surface area contributed by atoms with Gasteiger partial charge in [-0.2, -0.15) is 0 Å². The molecule has 2 N–H and O–H groups in total. The van der Waals surface area contributed by atoms with E-state index < -0.39 is 17.9 Å². The van der Waals surface area contributed by atoms with E-state index in [1.165, 1.54) is 6.92 Å². The number of nitrogens with zero attached hydrogens (tertiary/aromatic N) is 1. The van der Waals surface area contributed by atoms with Gasteiger partial charge in [0.15, 0.2) is 0 Å². The van der Waals surface area contributed by atoms with Crippen LogP contribution in [0.5, 0.6) is 0 Å². The van der Waals surface area contributed by atoms with Gasteiger partial charge in [0.1, 0.15) is 6.04 Å². The summed E-state index contributed by atoms with van der Waals surface area (Å²) in [6.07, 6.45) is 0. The molecule has 0 radical (unpaired) electrons. The van der Waals surface area contributed by atoms with E-state index in [0.29, 0.717) is 11.3 Å². The highest BCUT2D eigenvalue weighted by atomic mass is 16.2. The van der Waals surface area contributed by atoms with E-state index in [1.807, 2.05) is 0 Å². The number of hydrogen-bond acceptors (Lipinski definition) is 4. The molecule has 1 aromatic carbocycles. The summed E-state index contributed by atoms with van der Waals surface area (Å²) in [6.45, 7) is 1.33. The lowest BCUT2D eigenvalue weighted by molar-refractivity contribution is -0.128. The highest BCUT2D eigenvalue weighted by Gasteiger charge is 2.48. The number of nitrogens with one attached hydrogen (secondary N) is 2. The summed E-state index contributed by atoms with van der Waals surface area (Å²) in [4.78, 5) is 36.7. The van der Waals surface area contributed by atoms with E-state index in [1.54, 1.807) is 24.3 Å². The van der Waals surface area contributed by atoms with Crippen LogP contribution in [0.15, 0.2) is 24.3 Å². The molecule has 1 aromatic rings. The Morgan fingerprint density at radius 3 is 2.72 bits per heavy atom. The summed E-state index contributed by atoms with van der Waals surface area (Å²) >= 11 is 0. The van der Waals surface area contributed by atoms with Gasteiger partial charge >= 0.3 is 0 Å². The molecular weight excluding hydrogens is 234 g/mol. The van der Waals surface area contributed by atoms with E-state index in [9.17, 15) is 14.4 Å². The molecule has 92 valence electrons. The van der Waals surface area contributed by atoms with Crippen molar-refractivity contribution in [1.82, 2.24) is 10.9 Å².